The fourth-order valence-corrected chi connectivity index (χ4v) is 1.34. The molecule has 0 spiro atoms. The summed E-state index contributed by atoms with van der Waals surface area (Å²) < 4.78 is 5.36. The molecule has 0 heterocycles. The van der Waals surface area contributed by atoms with Gasteiger partial charge in [0, 0.05) is 25.6 Å². The van der Waals surface area contributed by atoms with Crippen LogP contribution in [0.5, 0.6) is 0 Å². The molecule has 3 unspecified atom stereocenters. The van der Waals surface area contributed by atoms with Gasteiger partial charge < -0.3 is 15.8 Å². The predicted molar refractivity (Wildman–Crippen MR) is 66.1 cm³/mol. The number of hydrogen-bond acceptors (Lipinski definition) is 3. The number of methoxy groups -OCH3 is 1. The van der Waals surface area contributed by atoms with Crippen LogP contribution in [0.25, 0.3) is 0 Å². The summed E-state index contributed by atoms with van der Waals surface area (Å²) in [6.07, 6.45) is 0.0109. The van der Waals surface area contributed by atoms with Gasteiger partial charge in [-0.25, -0.2) is 0 Å². The fourth-order valence-electron chi connectivity index (χ4n) is 1.34. The van der Waals surface area contributed by atoms with Crippen LogP contribution in [0.15, 0.2) is 0 Å². The van der Waals surface area contributed by atoms with Gasteiger partial charge in [0.15, 0.2) is 0 Å². The molecular weight excluding hydrogens is 204 g/mol. The molecule has 0 radical (unpaired) electrons. The fraction of sp³-hybridized carbons (Fsp3) is 0.917. The molecule has 0 aliphatic heterocycles. The molecule has 4 nitrogen and oxygen atoms in total. The summed E-state index contributed by atoms with van der Waals surface area (Å²) in [6.45, 7) is 10.4. The standard InChI is InChI=1S/C12H26N2O2/c1-8(9(2)13)11(15)14-7-10(16-6)12(3,4)5/h8-10H,7,13H2,1-6H3,(H,14,15). The van der Waals surface area contributed by atoms with Crippen LogP contribution < -0.4 is 11.1 Å². The van der Waals surface area contributed by atoms with E-state index in [1.54, 1.807) is 7.11 Å². The minimum Gasteiger partial charge on any atom is -0.379 e. The lowest BCUT2D eigenvalue weighted by atomic mass is 9.89. The second kappa shape index (κ2) is 6.21. The van der Waals surface area contributed by atoms with E-state index in [1.165, 1.54) is 0 Å². The van der Waals surface area contributed by atoms with E-state index in [0.29, 0.717) is 6.54 Å². The van der Waals surface area contributed by atoms with Gasteiger partial charge in [0.25, 0.3) is 0 Å². The molecule has 0 aromatic rings. The average molecular weight is 230 g/mol. The van der Waals surface area contributed by atoms with Crippen LogP contribution in [0, 0.1) is 11.3 Å². The lowest BCUT2D eigenvalue weighted by Gasteiger charge is -2.30. The highest BCUT2D eigenvalue weighted by Crippen LogP contribution is 2.21. The summed E-state index contributed by atoms with van der Waals surface area (Å²) in [7, 11) is 1.66. The minimum absolute atomic E-state index is 0.0109. The van der Waals surface area contributed by atoms with Gasteiger partial charge in [-0.05, 0) is 12.3 Å². The first-order chi connectivity index (χ1) is 7.20. The maximum absolute atomic E-state index is 11.7. The van der Waals surface area contributed by atoms with Crippen molar-refractivity contribution in [1.29, 1.82) is 0 Å². The van der Waals surface area contributed by atoms with Gasteiger partial charge in [-0.3, -0.25) is 4.79 Å². The Morgan fingerprint density at radius 3 is 2.19 bits per heavy atom. The zero-order valence-corrected chi connectivity index (χ0v) is 11.3. The molecule has 0 aromatic carbocycles. The molecule has 4 heteroatoms. The third-order valence-corrected chi connectivity index (χ3v) is 2.91. The van der Waals surface area contributed by atoms with Crippen molar-refractivity contribution in [3.05, 3.63) is 0 Å². The number of nitrogens with one attached hydrogen (secondary N) is 1. The van der Waals surface area contributed by atoms with Gasteiger partial charge in [0.05, 0.1) is 6.10 Å². The van der Waals surface area contributed by atoms with E-state index in [2.05, 4.69) is 26.1 Å². The smallest absolute Gasteiger partial charge is 0.224 e. The summed E-state index contributed by atoms with van der Waals surface area (Å²) in [4.78, 5) is 11.7. The van der Waals surface area contributed by atoms with E-state index >= 15 is 0 Å². The maximum atomic E-state index is 11.7. The van der Waals surface area contributed by atoms with Gasteiger partial charge in [-0.2, -0.15) is 0 Å². The highest BCUT2D eigenvalue weighted by molar-refractivity contribution is 5.78. The van der Waals surface area contributed by atoms with E-state index in [9.17, 15) is 4.79 Å². The van der Waals surface area contributed by atoms with Crippen LogP contribution in [-0.4, -0.2) is 31.7 Å². The number of amides is 1. The first-order valence-corrected chi connectivity index (χ1v) is 5.76. The van der Waals surface area contributed by atoms with Gasteiger partial charge in [0.1, 0.15) is 0 Å². The Bertz CT molecular complexity index is 222. The van der Waals surface area contributed by atoms with Gasteiger partial charge in [-0.1, -0.05) is 27.7 Å². The summed E-state index contributed by atoms with van der Waals surface area (Å²) in [5.74, 6) is -0.182. The molecule has 96 valence electrons. The number of ether oxygens (including phenoxy) is 1. The second-order valence-electron chi connectivity index (χ2n) is 5.48. The summed E-state index contributed by atoms with van der Waals surface area (Å²) in [6, 6.07) is -0.129. The molecule has 3 atom stereocenters. The molecule has 0 bridgehead atoms. The van der Waals surface area contributed by atoms with Crippen LogP contribution in [0.3, 0.4) is 0 Å². The number of nitrogens with two attached hydrogens (primary N) is 1. The normalized spacial score (nSPS) is 17.7. The van der Waals surface area contributed by atoms with Crippen LogP contribution in [0.2, 0.25) is 0 Å². The van der Waals surface area contributed by atoms with Crippen molar-refractivity contribution in [3.8, 4) is 0 Å². The molecule has 16 heavy (non-hydrogen) atoms. The topological polar surface area (TPSA) is 64.3 Å². The number of hydrogen-bond donors (Lipinski definition) is 2. The highest BCUT2D eigenvalue weighted by Gasteiger charge is 2.26. The third kappa shape index (κ3) is 4.94. The zero-order valence-electron chi connectivity index (χ0n) is 11.3. The Kier molecular flexibility index (Phi) is 5.97. The minimum atomic E-state index is -0.169. The SMILES string of the molecule is COC(CNC(=O)C(C)C(C)N)C(C)(C)C. The molecular formula is C12H26N2O2. The Labute approximate surface area is 98.9 Å². The number of carbonyl (C=O) groups is 1. The summed E-state index contributed by atoms with van der Waals surface area (Å²) >= 11 is 0. The predicted octanol–water partition coefficient (Wildman–Crippen LogP) is 1.15. The first kappa shape index (κ1) is 15.4. The number of carbonyl (C=O) groups excluding carboxylic acids is 1. The average Bonchev–Trinajstić information content (AvgIpc) is 2.14. The molecule has 0 fully saturated rings. The molecule has 0 aliphatic carbocycles. The van der Waals surface area contributed by atoms with Gasteiger partial charge >= 0.3 is 0 Å². The molecule has 3 N–H and O–H groups in total. The Morgan fingerprint density at radius 1 is 1.38 bits per heavy atom. The molecule has 0 saturated heterocycles. The van der Waals surface area contributed by atoms with E-state index in [0.717, 1.165) is 0 Å². The first-order valence-electron chi connectivity index (χ1n) is 5.76. The van der Waals surface area contributed by atoms with Crippen molar-refractivity contribution in [2.75, 3.05) is 13.7 Å². The molecule has 0 saturated carbocycles. The Morgan fingerprint density at radius 2 is 1.88 bits per heavy atom. The van der Waals surface area contributed by atoms with Crippen molar-refractivity contribution in [2.45, 2.75) is 46.8 Å². The summed E-state index contributed by atoms with van der Waals surface area (Å²) in [5, 5.41) is 2.88. The van der Waals surface area contributed by atoms with Crippen LogP contribution in [0.4, 0.5) is 0 Å². The highest BCUT2D eigenvalue weighted by atomic mass is 16.5. The lowest BCUT2D eigenvalue weighted by Crippen LogP contribution is -2.45. The zero-order chi connectivity index (χ0) is 12.9. The number of rotatable bonds is 5. The van der Waals surface area contributed by atoms with Crippen molar-refractivity contribution in [3.63, 3.8) is 0 Å². The van der Waals surface area contributed by atoms with Crippen LogP contribution in [0.1, 0.15) is 34.6 Å². The van der Waals surface area contributed by atoms with Gasteiger partial charge in [-0.15, -0.1) is 0 Å². The second-order valence-corrected chi connectivity index (χ2v) is 5.48. The van der Waals surface area contributed by atoms with Crippen LogP contribution in [-0.2, 0) is 9.53 Å². The maximum Gasteiger partial charge on any atom is 0.224 e. The largest absolute Gasteiger partial charge is 0.379 e. The van der Waals surface area contributed by atoms with Crippen molar-refractivity contribution in [1.82, 2.24) is 5.32 Å². The monoisotopic (exact) mass is 230 g/mol. The molecule has 0 rings (SSSR count). The Hall–Kier alpha value is -0.610. The van der Waals surface area contributed by atoms with E-state index in [4.69, 9.17) is 10.5 Å². The van der Waals surface area contributed by atoms with E-state index < -0.39 is 0 Å². The van der Waals surface area contributed by atoms with Crippen LogP contribution >= 0.6 is 0 Å². The molecule has 1 amide bonds. The quantitative estimate of drug-likeness (QED) is 0.744. The van der Waals surface area contributed by atoms with Crippen molar-refractivity contribution in [2.24, 2.45) is 17.1 Å². The summed E-state index contributed by atoms with van der Waals surface area (Å²) in [5.41, 5.74) is 5.68. The molecule has 0 aromatic heterocycles. The third-order valence-electron chi connectivity index (χ3n) is 2.91. The van der Waals surface area contributed by atoms with E-state index in [1.807, 2.05) is 13.8 Å². The Balaban J connectivity index is 4.18. The lowest BCUT2D eigenvalue weighted by molar-refractivity contribution is -0.126. The van der Waals surface area contributed by atoms with Gasteiger partial charge in [0.2, 0.25) is 5.91 Å². The van der Waals surface area contributed by atoms with Crippen molar-refractivity contribution >= 4 is 5.91 Å². The van der Waals surface area contributed by atoms with Crippen molar-refractivity contribution < 1.29 is 9.53 Å². The molecule has 0 aliphatic rings. The van der Waals surface area contributed by atoms with E-state index in [-0.39, 0.29) is 29.4 Å².